The van der Waals surface area contributed by atoms with Crippen LogP contribution in [0.4, 0.5) is 5.69 Å². The Morgan fingerprint density at radius 1 is 1.29 bits per heavy atom. The molecule has 0 aliphatic heterocycles. The van der Waals surface area contributed by atoms with Crippen LogP contribution >= 0.6 is 0 Å². The number of nitrogens with zero attached hydrogens (tertiary/aromatic N) is 1. The third-order valence-electron chi connectivity index (χ3n) is 2.92. The van der Waals surface area contributed by atoms with E-state index in [-0.39, 0.29) is 4.90 Å². The largest absolute Gasteiger partial charge is 0.497 e. The molecule has 0 saturated carbocycles. The molecule has 2 aromatic rings. The second kappa shape index (κ2) is 6.15. The molecule has 0 aliphatic carbocycles. The maximum absolute atomic E-state index is 12.5. The molecule has 7 nitrogen and oxygen atoms in total. The van der Waals surface area contributed by atoms with Crippen molar-refractivity contribution in [3.05, 3.63) is 35.7 Å². The molecule has 114 valence electrons. The van der Waals surface area contributed by atoms with Crippen molar-refractivity contribution >= 4 is 15.7 Å². The number of nitrogens with one attached hydrogen (secondary N) is 3. The Hall–Kier alpha value is -2.06. The van der Waals surface area contributed by atoms with Crippen molar-refractivity contribution in [2.75, 3.05) is 18.9 Å². The molecule has 0 atom stereocenters. The average Bonchev–Trinajstić information content (AvgIpc) is 2.81. The number of hydrogen-bond donors (Lipinski definition) is 3. The number of aryl methyl sites for hydroxylation is 1. The van der Waals surface area contributed by atoms with E-state index in [1.54, 1.807) is 45.3 Å². The molecule has 0 saturated heterocycles. The number of sulfonamides is 1. The van der Waals surface area contributed by atoms with Gasteiger partial charge >= 0.3 is 0 Å². The average molecular weight is 310 g/mol. The van der Waals surface area contributed by atoms with Gasteiger partial charge in [-0.1, -0.05) is 0 Å². The standard InChI is InChI=1S/C13H18N4O3S/c1-9-13(12(8-14-2)16-15-9)21(18,19)17-10-4-6-11(20-3)7-5-10/h4-7,14,17H,8H2,1-3H3,(H,15,16). The summed E-state index contributed by atoms with van der Waals surface area (Å²) in [7, 11) is -0.411. The fourth-order valence-electron chi connectivity index (χ4n) is 1.98. The van der Waals surface area contributed by atoms with Crippen molar-refractivity contribution < 1.29 is 13.2 Å². The molecular weight excluding hydrogens is 292 g/mol. The molecule has 0 bridgehead atoms. The smallest absolute Gasteiger partial charge is 0.265 e. The molecule has 0 fully saturated rings. The van der Waals surface area contributed by atoms with Crippen LogP contribution < -0.4 is 14.8 Å². The summed E-state index contributed by atoms with van der Waals surface area (Å²) in [5, 5.41) is 9.61. The molecule has 1 aromatic heterocycles. The van der Waals surface area contributed by atoms with E-state index in [4.69, 9.17) is 4.74 Å². The van der Waals surface area contributed by atoms with E-state index in [1.807, 2.05) is 0 Å². The van der Waals surface area contributed by atoms with Gasteiger partial charge in [0.15, 0.2) is 0 Å². The van der Waals surface area contributed by atoms with Gasteiger partial charge in [0.25, 0.3) is 10.0 Å². The lowest BCUT2D eigenvalue weighted by Gasteiger charge is -2.09. The van der Waals surface area contributed by atoms with Gasteiger partial charge in [-0.05, 0) is 38.2 Å². The van der Waals surface area contributed by atoms with Gasteiger partial charge in [0, 0.05) is 12.2 Å². The van der Waals surface area contributed by atoms with E-state index in [0.717, 1.165) is 0 Å². The summed E-state index contributed by atoms with van der Waals surface area (Å²) in [6.45, 7) is 2.04. The van der Waals surface area contributed by atoms with Gasteiger partial charge in [-0.2, -0.15) is 5.10 Å². The summed E-state index contributed by atoms with van der Waals surface area (Å²) < 4.78 is 32.6. The monoisotopic (exact) mass is 310 g/mol. The third kappa shape index (κ3) is 3.34. The van der Waals surface area contributed by atoms with Crippen molar-refractivity contribution in [1.82, 2.24) is 15.5 Å². The molecule has 0 unspecified atom stereocenters. The van der Waals surface area contributed by atoms with Crippen molar-refractivity contribution in [3.63, 3.8) is 0 Å². The van der Waals surface area contributed by atoms with Gasteiger partial charge < -0.3 is 10.1 Å². The molecule has 2 rings (SSSR count). The highest BCUT2D eigenvalue weighted by Gasteiger charge is 2.24. The first-order chi connectivity index (χ1) is 9.97. The number of aromatic nitrogens is 2. The summed E-state index contributed by atoms with van der Waals surface area (Å²) >= 11 is 0. The van der Waals surface area contributed by atoms with Crippen LogP contribution in [0.25, 0.3) is 0 Å². The maximum atomic E-state index is 12.5. The number of benzene rings is 1. The van der Waals surface area contributed by atoms with Gasteiger partial charge in [-0.3, -0.25) is 9.82 Å². The summed E-state index contributed by atoms with van der Waals surface area (Å²) in [6, 6.07) is 6.66. The lowest BCUT2D eigenvalue weighted by Crippen LogP contribution is -2.17. The Balaban J connectivity index is 2.31. The van der Waals surface area contributed by atoms with Crippen molar-refractivity contribution in [2.24, 2.45) is 0 Å². The fraction of sp³-hybridized carbons (Fsp3) is 0.308. The molecular formula is C13H18N4O3S. The zero-order valence-electron chi connectivity index (χ0n) is 12.1. The molecule has 0 spiro atoms. The van der Waals surface area contributed by atoms with E-state index in [2.05, 4.69) is 20.2 Å². The minimum Gasteiger partial charge on any atom is -0.497 e. The number of aromatic amines is 1. The first-order valence-electron chi connectivity index (χ1n) is 6.33. The first kappa shape index (κ1) is 15.3. The molecule has 0 radical (unpaired) electrons. The second-order valence-electron chi connectivity index (χ2n) is 4.49. The van der Waals surface area contributed by atoms with Crippen LogP contribution in [0.1, 0.15) is 11.4 Å². The maximum Gasteiger partial charge on any atom is 0.265 e. The van der Waals surface area contributed by atoms with E-state index < -0.39 is 10.0 Å². The van der Waals surface area contributed by atoms with Crippen LogP contribution in [0.3, 0.4) is 0 Å². The zero-order valence-corrected chi connectivity index (χ0v) is 12.9. The van der Waals surface area contributed by atoms with Gasteiger partial charge in [0.2, 0.25) is 0 Å². The van der Waals surface area contributed by atoms with Crippen LogP contribution in [0.5, 0.6) is 5.75 Å². The molecule has 8 heteroatoms. The SMILES string of the molecule is CNCc1n[nH]c(C)c1S(=O)(=O)Nc1ccc(OC)cc1. The number of methoxy groups -OCH3 is 1. The summed E-state index contributed by atoms with van der Waals surface area (Å²) in [5.41, 5.74) is 1.42. The van der Waals surface area contributed by atoms with E-state index in [9.17, 15) is 8.42 Å². The first-order valence-corrected chi connectivity index (χ1v) is 7.81. The topological polar surface area (TPSA) is 96.1 Å². The van der Waals surface area contributed by atoms with E-state index >= 15 is 0 Å². The predicted molar refractivity (Wildman–Crippen MR) is 79.9 cm³/mol. The van der Waals surface area contributed by atoms with Crippen LogP contribution in [0, 0.1) is 6.92 Å². The van der Waals surface area contributed by atoms with Crippen LogP contribution in [0.2, 0.25) is 0 Å². The van der Waals surface area contributed by atoms with Gasteiger partial charge in [-0.15, -0.1) is 0 Å². The van der Waals surface area contributed by atoms with Gasteiger partial charge in [0.1, 0.15) is 10.6 Å². The number of H-pyrrole nitrogens is 1. The minimum atomic E-state index is -3.70. The molecule has 0 aliphatic rings. The normalized spacial score (nSPS) is 11.4. The van der Waals surface area contributed by atoms with Gasteiger partial charge in [0.05, 0.1) is 18.5 Å². The third-order valence-corrected chi connectivity index (χ3v) is 4.50. The summed E-state index contributed by atoms with van der Waals surface area (Å²) in [4.78, 5) is 0.174. The number of rotatable bonds is 6. The van der Waals surface area contributed by atoms with Crippen LogP contribution in [0.15, 0.2) is 29.2 Å². The highest BCUT2D eigenvalue weighted by molar-refractivity contribution is 7.92. The Morgan fingerprint density at radius 3 is 2.52 bits per heavy atom. The number of anilines is 1. The Bertz CT molecular complexity index is 708. The van der Waals surface area contributed by atoms with Crippen LogP contribution in [-0.2, 0) is 16.6 Å². The zero-order chi connectivity index (χ0) is 15.5. The Morgan fingerprint density at radius 2 is 1.95 bits per heavy atom. The van der Waals surface area contributed by atoms with Crippen molar-refractivity contribution in [2.45, 2.75) is 18.4 Å². The van der Waals surface area contributed by atoms with Gasteiger partial charge in [-0.25, -0.2) is 8.42 Å². The Labute approximate surface area is 123 Å². The molecule has 1 aromatic carbocycles. The minimum absolute atomic E-state index is 0.174. The van der Waals surface area contributed by atoms with E-state index in [1.165, 1.54) is 0 Å². The number of ether oxygens (including phenoxy) is 1. The van der Waals surface area contributed by atoms with E-state index in [0.29, 0.717) is 29.4 Å². The summed E-state index contributed by atoms with van der Waals surface area (Å²) in [6.07, 6.45) is 0. The summed E-state index contributed by atoms with van der Waals surface area (Å²) in [5.74, 6) is 0.660. The van der Waals surface area contributed by atoms with Crippen LogP contribution in [-0.4, -0.2) is 32.8 Å². The molecule has 21 heavy (non-hydrogen) atoms. The molecule has 3 N–H and O–H groups in total. The lowest BCUT2D eigenvalue weighted by molar-refractivity contribution is 0.415. The Kier molecular flexibility index (Phi) is 4.49. The lowest BCUT2D eigenvalue weighted by atomic mass is 10.3. The molecule has 1 heterocycles. The fourth-order valence-corrected chi connectivity index (χ4v) is 3.40. The highest BCUT2D eigenvalue weighted by atomic mass is 32.2. The van der Waals surface area contributed by atoms with Crippen molar-refractivity contribution in [1.29, 1.82) is 0 Å². The van der Waals surface area contributed by atoms with Crippen molar-refractivity contribution in [3.8, 4) is 5.75 Å². The second-order valence-corrected chi connectivity index (χ2v) is 6.11. The number of hydrogen-bond acceptors (Lipinski definition) is 5. The molecule has 0 amide bonds. The quantitative estimate of drug-likeness (QED) is 0.746. The predicted octanol–water partition coefficient (Wildman–Crippen LogP) is 1.25. The highest BCUT2D eigenvalue weighted by Crippen LogP contribution is 2.22.